The molecule has 0 saturated heterocycles. The number of oxazole rings is 1. The third-order valence-electron chi connectivity index (χ3n) is 5.75. The van der Waals surface area contributed by atoms with E-state index in [0.29, 0.717) is 17.1 Å². The maximum atomic E-state index is 13.2. The third kappa shape index (κ3) is 7.44. The van der Waals surface area contributed by atoms with Crippen LogP contribution >= 0.6 is 11.6 Å². The van der Waals surface area contributed by atoms with Crippen LogP contribution < -0.4 is 5.32 Å². The van der Waals surface area contributed by atoms with Crippen LogP contribution in [0.4, 0.5) is 13.2 Å². The fourth-order valence-electron chi connectivity index (χ4n) is 3.94. The smallest absolute Gasteiger partial charge is 0.416 e. The van der Waals surface area contributed by atoms with E-state index < -0.39 is 11.7 Å². The molecule has 192 valence electrons. The van der Waals surface area contributed by atoms with Gasteiger partial charge < -0.3 is 9.73 Å². The molecule has 1 aromatic heterocycles. The zero-order valence-corrected chi connectivity index (χ0v) is 20.8. The van der Waals surface area contributed by atoms with Crippen LogP contribution in [0.5, 0.6) is 0 Å². The number of nitrogens with zero attached hydrogens (tertiary/aromatic N) is 2. The van der Waals surface area contributed by atoms with Crippen LogP contribution in [0.25, 0.3) is 0 Å². The maximum absolute atomic E-state index is 13.2. The Morgan fingerprint density at radius 1 is 0.973 bits per heavy atom. The Hall–Kier alpha value is -3.62. The summed E-state index contributed by atoms with van der Waals surface area (Å²) >= 11 is 6.12. The highest BCUT2D eigenvalue weighted by Crippen LogP contribution is 2.30. The molecule has 0 fully saturated rings. The van der Waals surface area contributed by atoms with Gasteiger partial charge in [-0.05, 0) is 41.8 Å². The number of hydrogen-bond acceptors (Lipinski definition) is 4. The quantitative estimate of drug-likeness (QED) is 0.253. The molecule has 0 aliphatic carbocycles. The van der Waals surface area contributed by atoms with Crippen LogP contribution in [-0.2, 0) is 25.8 Å². The number of carbonyl (C=O) groups is 1. The molecule has 0 spiro atoms. The number of carbonyl (C=O) groups excluding carboxylic acids is 1. The average molecular weight is 528 g/mol. The predicted molar refractivity (Wildman–Crippen MR) is 135 cm³/mol. The summed E-state index contributed by atoms with van der Waals surface area (Å²) in [5.41, 5.74) is 1.72. The predicted octanol–water partition coefficient (Wildman–Crippen LogP) is 7.04. The SMILES string of the molecule is C[C@H](NC(=O)c1coc(CN(Cc2cccc(Cl)c2)Cc2cccc(C(F)(F)F)c2)n1)c1ccccc1. The molecule has 0 aliphatic rings. The van der Waals surface area contributed by atoms with Gasteiger partial charge in [-0.3, -0.25) is 9.69 Å². The van der Waals surface area contributed by atoms with Gasteiger partial charge in [-0.2, -0.15) is 13.2 Å². The normalized spacial score (nSPS) is 12.5. The number of aromatic nitrogens is 1. The molecule has 1 amide bonds. The van der Waals surface area contributed by atoms with Crippen LogP contribution in [0.15, 0.2) is 89.5 Å². The van der Waals surface area contributed by atoms with E-state index in [1.165, 1.54) is 12.3 Å². The number of hydrogen-bond donors (Lipinski definition) is 1. The topological polar surface area (TPSA) is 58.4 Å². The summed E-state index contributed by atoms with van der Waals surface area (Å²) in [6, 6.07) is 21.7. The summed E-state index contributed by atoms with van der Waals surface area (Å²) < 4.78 is 45.2. The Morgan fingerprint density at radius 3 is 2.32 bits per heavy atom. The van der Waals surface area contributed by atoms with Crippen molar-refractivity contribution in [1.29, 1.82) is 0 Å². The Kier molecular flexibility index (Phi) is 8.31. The zero-order chi connectivity index (χ0) is 26.4. The highest BCUT2D eigenvalue weighted by atomic mass is 35.5. The lowest BCUT2D eigenvalue weighted by Gasteiger charge is -2.22. The van der Waals surface area contributed by atoms with Crippen LogP contribution in [-0.4, -0.2) is 15.8 Å². The van der Waals surface area contributed by atoms with Gasteiger partial charge in [0.2, 0.25) is 5.89 Å². The van der Waals surface area contributed by atoms with Gasteiger partial charge in [0.1, 0.15) is 6.26 Å². The largest absolute Gasteiger partial charge is 0.447 e. The van der Waals surface area contributed by atoms with Gasteiger partial charge in [0.25, 0.3) is 5.91 Å². The molecular weight excluding hydrogens is 503 g/mol. The van der Waals surface area contributed by atoms with E-state index in [9.17, 15) is 18.0 Å². The molecule has 5 nitrogen and oxygen atoms in total. The molecule has 1 N–H and O–H groups in total. The van der Waals surface area contributed by atoms with E-state index in [2.05, 4.69) is 10.3 Å². The number of halogens is 4. The number of amides is 1. The summed E-state index contributed by atoms with van der Waals surface area (Å²) in [4.78, 5) is 18.9. The standard InChI is InChI=1S/C28H25ClF3N3O2/c1-19(22-9-3-2-4-10-22)33-27(36)25-18-37-26(34-25)17-35(16-21-8-6-12-24(29)14-21)15-20-7-5-11-23(13-20)28(30,31)32/h2-14,18-19H,15-17H2,1H3,(H,33,36)/t19-/m0/s1. The molecule has 4 aromatic rings. The Balaban J connectivity index is 1.50. The summed E-state index contributed by atoms with van der Waals surface area (Å²) in [5, 5.41) is 3.44. The lowest BCUT2D eigenvalue weighted by Crippen LogP contribution is -2.27. The van der Waals surface area contributed by atoms with Gasteiger partial charge in [-0.1, -0.05) is 72.3 Å². The average Bonchev–Trinajstić information content (AvgIpc) is 3.33. The van der Waals surface area contributed by atoms with Crippen molar-refractivity contribution in [2.75, 3.05) is 0 Å². The number of alkyl halides is 3. The fourth-order valence-corrected chi connectivity index (χ4v) is 4.15. The molecule has 37 heavy (non-hydrogen) atoms. The van der Waals surface area contributed by atoms with Crippen LogP contribution in [0.3, 0.4) is 0 Å². The molecule has 0 bridgehead atoms. The van der Waals surface area contributed by atoms with E-state index in [1.807, 2.05) is 54.3 Å². The minimum Gasteiger partial charge on any atom is -0.447 e. The summed E-state index contributed by atoms with van der Waals surface area (Å²) in [6.45, 7) is 2.62. The second-order valence-corrected chi connectivity index (χ2v) is 9.14. The summed E-state index contributed by atoms with van der Waals surface area (Å²) in [5.74, 6) is -0.114. The van der Waals surface area contributed by atoms with E-state index in [4.69, 9.17) is 16.0 Å². The van der Waals surface area contributed by atoms with Crippen molar-refractivity contribution in [3.8, 4) is 0 Å². The molecule has 3 aromatic carbocycles. The van der Waals surface area contributed by atoms with Crippen molar-refractivity contribution in [1.82, 2.24) is 15.2 Å². The van der Waals surface area contributed by atoms with Gasteiger partial charge in [-0.25, -0.2) is 4.98 Å². The Morgan fingerprint density at radius 2 is 1.65 bits per heavy atom. The monoisotopic (exact) mass is 527 g/mol. The third-order valence-corrected chi connectivity index (χ3v) is 5.98. The van der Waals surface area contributed by atoms with E-state index >= 15 is 0 Å². The van der Waals surface area contributed by atoms with E-state index in [-0.39, 0.29) is 36.6 Å². The van der Waals surface area contributed by atoms with Crippen molar-refractivity contribution < 1.29 is 22.4 Å². The van der Waals surface area contributed by atoms with Gasteiger partial charge in [0.05, 0.1) is 18.2 Å². The second-order valence-electron chi connectivity index (χ2n) is 8.71. The van der Waals surface area contributed by atoms with Crippen molar-refractivity contribution in [2.24, 2.45) is 0 Å². The van der Waals surface area contributed by atoms with Crippen LogP contribution in [0.1, 0.15) is 51.6 Å². The van der Waals surface area contributed by atoms with Gasteiger partial charge in [0.15, 0.2) is 5.69 Å². The van der Waals surface area contributed by atoms with E-state index in [0.717, 1.165) is 23.3 Å². The van der Waals surface area contributed by atoms with Crippen LogP contribution in [0, 0.1) is 0 Å². The second kappa shape index (κ2) is 11.6. The van der Waals surface area contributed by atoms with Crippen molar-refractivity contribution in [2.45, 2.75) is 38.8 Å². The molecule has 0 aliphatic heterocycles. The molecule has 0 saturated carbocycles. The van der Waals surface area contributed by atoms with Crippen LogP contribution in [0.2, 0.25) is 5.02 Å². The molecular formula is C28H25ClF3N3O2. The molecule has 0 unspecified atom stereocenters. The minimum atomic E-state index is -4.44. The fraction of sp³-hybridized carbons (Fsp3) is 0.214. The van der Waals surface area contributed by atoms with Crippen molar-refractivity contribution in [3.63, 3.8) is 0 Å². The molecule has 9 heteroatoms. The number of rotatable bonds is 9. The molecule has 4 rings (SSSR count). The Bertz CT molecular complexity index is 1340. The first-order chi connectivity index (χ1) is 17.7. The highest BCUT2D eigenvalue weighted by molar-refractivity contribution is 6.30. The molecule has 0 radical (unpaired) electrons. The van der Waals surface area contributed by atoms with Gasteiger partial charge >= 0.3 is 6.18 Å². The zero-order valence-electron chi connectivity index (χ0n) is 20.0. The lowest BCUT2D eigenvalue weighted by atomic mass is 10.1. The first kappa shape index (κ1) is 26.4. The maximum Gasteiger partial charge on any atom is 0.416 e. The first-order valence-electron chi connectivity index (χ1n) is 11.6. The summed E-state index contributed by atoms with van der Waals surface area (Å²) in [7, 11) is 0. The Labute approximate surface area is 217 Å². The van der Waals surface area contributed by atoms with Gasteiger partial charge in [-0.15, -0.1) is 0 Å². The summed E-state index contributed by atoms with van der Waals surface area (Å²) in [6.07, 6.45) is -3.15. The number of benzene rings is 3. The molecule has 1 heterocycles. The first-order valence-corrected chi connectivity index (χ1v) is 12.0. The van der Waals surface area contributed by atoms with Crippen molar-refractivity contribution in [3.05, 3.63) is 124 Å². The van der Waals surface area contributed by atoms with Crippen molar-refractivity contribution >= 4 is 17.5 Å². The van der Waals surface area contributed by atoms with Gasteiger partial charge in [0, 0.05) is 18.1 Å². The number of nitrogens with one attached hydrogen (secondary N) is 1. The molecule has 1 atom stereocenters. The minimum absolute atomic E-state index is 0.125. The highest BCUT2D eigenvalue weighted by Gasteiger charge is 2.30. The lowest BCUT2D eigenvalue weighted by molar-refractivity contribution is -0.137. The van der Waals surface area contributed by atoms with E-state index in [1.54, 1.807) is 18.2 Å².